The molecule has 8 nitrogen and oxygen atoms in total. The molecular weight excluding hydrogens is 416 g/mol. The van der Waals surface area contributed by atoms with Gasteiger partial charge in [0.15, 0.2) is 0 Å². The van der Waals surface area contributed by atoms with Crippen molar-refractivity contribution in [2.75, 3.05) is 52.9 Å². The third kappa shape index (κ3) is 11.0. The van der Waals surface area contributed by atoms with Crippen molar-refractivity contribution in [1.29, 1.82) is 0 Å². The summed E-state index contributed by atoms with van der Waals surface area (Å²) in [4.78, 5) is 23.6. The van der Waals surface area contributed by atoms with Gasteiger partial charge < -0.3 is 29.2 Å². The normalized spacial score (nSPS) is 11.1. The number of aromatic carboxylic acids is 2. The predicted octanol–water partition coefficient (Wildman–Crippen LogP) is 3.83. The van der Waals surface area contributed by atoms with E-state index in [-0.39, 0.29) is 29.7 Å². The quantitative estimate of drug-likeness (QED) is 0.286. The summed E-state index contributed by atoms with van der Waals surface area (Å²) < 4.78 is 21.9. The maximum Gasteiger partial charge on any atom is 0.336 e. The van der Waals surface area contributed by atoms with E-state index in [0.717, 1.165) is 25.7 Å². The van der Waals surface area contributed by atoms with Crippen molar-refractivity contribution < 1.29 is 38.7 Å². The molecule has 0 atom stereocenters. The molecule has 0 heterocycles. The molecule has 1 rings (SSSR count). The molecule has 8 heteroatoms. The van der Waals surface area contributed by atoms with Crippen LogP contribution in [0.25, 0.3) is 0 Å². The summed E-state index contributed by atoms with van der Waals surface area (Å²) in [5.41, 5.74) is 0.833. The molecule has 0 unspecified atom stereocenters. The van der Waals surface area contributed by atoms with Crippen LogP contribution in [0, 0.1) is 0 Å². The molecule has 0 fully saturated rings. The Labute approximate surface area is 190 Å². The van der Waals surface area contributed by atoms with Gasteiger partial charge in [0.05, 0.1) is 50.8 Å². The van der Waals surface area contributed by atoms with Gasteiger partial charge in [-0.1, -0.05) is 32.8 Å². The van der Waals surface area contributed by atoms with Gasteiger partial charge in [0.25, 0.3) is 0 Å². The minimum atomic E-state index is -1.16. The molecular formula is C24H38O8. The van der Waals surface area contributed by atoms with Crippen molar-refractivity contribution >= 4 is 11.9 Å². The molecule has 1 aromatic carbocycles. The molecule has 0 bridgehead atoms. The fraction of sp³-hybridized carbons (Fsp3) is 0.667. The zero-order chi connectivity index (χ0) is 23.6. The zero-order valence-corrected chi connectivity index (χ0v) is 19.4. The van der Waals surface area contributed by atoms with Gasteiger partial charge >= 0.3 is 11.9 Å². The summed E-state index contributed by atoms with van der Waals surface area (Å²) in [7, 11) is 0. The summed E-state index contributed by atoms with van der Waals surface area (Å²) in [6, 6.07) is 3.01. The number of carboxylic acids is 2. The number of unbranched alkanes of at least 4 members (excludes halogenated alkanes) is 2. The van der Waals surface area contributed by atoms with Crippen LogP contribution in [0.3, 0.4) is 0 Å². The summed E-state index contributed by atoms with van der Waals surface area (Å²) in [6.45, 7) is 7.87. The molecule has 0 aliphatic carbocycles. The monoisotopic (exact) mass is 454 g/mol. The van der Waals surface area contributed by atoms with Crippen molar-refractivity contribution in [3.8, 4) is 0 Å². The highest BCUT2D eigenvalue weighted by Crippen LogP contribution is 2.22. The van der Waals surface area contributed by atoms with Gasteiger partial charge in [-0.2, -0.15) is 0 Å². The maximum absolute atomic E-state index is 12.0. The Morgan fingerprint density at radius 2 is 1.19 bits per heavy atom. The SMILES string of the molecule is CCCCOCCOCCc1ccc(C(=O)O)c(CCOCCOCCCC)c1C(=O)O. The minimum Gasteiger partial charge on any atom is -0.478 e. The Kier molecular flexibility index (Phi) is 15.4. The van der Waals surface area contributed by atoms with Crippen molar-refractivity contribution in [2.24, 2.45) is 0 Å². The summed E-state index contributed by atoms with van der Waals surface area (Å²) in [5.74, 6) is -2.30. The Morgan fingerprint density at radius 1 is 0.688 bits per heavy atom. The van der Waals surface area contributed by atoms with E-state index in [1.54, 1.807) is 6.07 Å². The first kappa shape index (κ1) is 28.0. The van der Waals surface area contributed by atoms with Crippen molar-refractivity contribution in [3.05, 3.63) is 34.4 Å². The largest absolute Gasteiger partial charge is 0.478 e. The second-order valence-corrected chi connectivity index (χ2v) is 7.39. The first-order valence-electron chi connectivity index (χ1n) is 11.4. The Bertz CT molecular complexity index is 674. The van der Waals surface area contributed by atoms with Crippen LogP contribution in [-0.2, 0) is 31.8 Å². The highest BCUT2D eigenvalue weighted by molar-refractivity contribution is 5.97. The predicted molar refractivity (Wildman–Crippen MR) is 121 cm³/mol. The van der Waals surface area contributed by atoms with Gasteiger partial charge in [-0.25, -0.2) is 9.59 Å². The molecule has 0 aliphatic rings. The van der Waals surface area contributed by atoms with Crippen molar-refractivity contribution in [1.82, 2.24) is 0 Å². The van der Waals surface area contributed by atoms with Gasteiger partial charge in [0.1, 0.15) is 0 Å². The van der Waals surface area contributed by atoms with E-state index >= 15 is 0 Å². The second-order valence-electron chi connectivity index (χ2n) is 7.39. The van der Waals surface area contributed by atoms with Crippen molar-refractivity contribution in [2.45, 2.75) is 52.4 Å². The lowest BCUT2D eigenvalue weighted by atomic mass is 9.92. The molecule has 182 valence electrons. The Morgan fingerprint density at radius 3 is 1.66 bits per heavy atom. The van der Waals surface area contributed by atoms with Crippen LogP contribution in [0.1, 0.15) is 71.4 Å². The van der Waals surface area contributed by atoms with Crippen LogP contribution in [-0.4, -0.2) is 75.0 Å². The van der Waals surface area contributed by atoms with Crippen LogP contribution in [0.4, 0.5) is 0 Å². The molecule has 0 aromatic heterocycles. The summed E-state index contributed by atoms with van der Waals surface area (Å²) >= 11 is 0. The number of ether oxygens (including phenoxy) is 4. The van der Waals surface area contributed by atoms with E-state index in [0.29, 0.717) is 58.2 Å². The van der Waals surface area contributed by atoms with Crippen LogP contribution in [0.15, 0.2) is 12.1 Å². The molecule has 2 N–H and O–H groups in total. The Hall–Kier alpha value is -2.00. The molecule has 0 saturated carbocycles. The standard InChI is InChI=1S/C24H38O8/c1-3-5-11-29-15-17-31-13-9-19-7-8-21(23(25)26)20(22(19)24(27)28)10-14-32-18-16-30-12-6-4-2/h7-8H,3-6,9-18H2,1-2H3,(H,25,26)(H,27,28). The van der Waals surface area contributed by atoms with E-state index in [9.17, 15) is 19.8 Å². The molecule has 0 spiro atoms. The fourth-order valence-electron chi connectivity index (χ4n) is 3.12. The lowest BCUT2D eigenvalue weighted by molar-refractivity contribution is 0.0470. The van der Waals surface area contributed by atoms with Gasteiger partial charge in [0, 0.05) is 13.2 Å². The van der Waals surface area contributed by atoms with Crippen LogP contribution >= 0.6 is 0 Å². The second kappa shape index (κ2) is 17.5. The molecule has 32 heavy (non-hydrogen) atoms. The highest BCUT2D eigenvalue weighted by atomic mass is 16.5. The molecule has 0 saturated heterocycles. The first-order chi connectivity index (χ1) is 15.5. The van der Waals surface area contributed by atoms with Gasteiger partial charge in [-0.05, 0) is 42.9 Å². The fourth-order valence-corrected chi connectivity index (χ4v) is 3.12. The van der Waals surface area contributed by atoms with E-state index in [1.807, 2.05) is 0 Å². The molecule has 0 radical (unpaired) electrons. The minimum absolute atomic E-state index is 0.0146. The average molecular weight is 455 g/mol. The van der Waals surface area contributed by atoms with E-state index in [1.165, 1.54) is 6.07 Å². The lowest BCUT2D eigenvalue weighted by Gasteiger charge is -2.15. The Balaban J connectivity index is 2.65. The lowest BCUT2D eigenvalue weighted by Crippen LogP contribution is -2.17. The molecule has 0 aliphatic heterocycles. The van der Waals surface area contributed by atoms with Gasteiger partial charge in [0.2, 0.25) is 0 Å². The highest BCUT2D eigenvalue weighted by Gasteiger charge is 2.22. The number of rotatable bonds is 20. The molecule has 1 aromatic rings. The maximum atomic E-state index is 12.0. The smallest absolute Gasteiger partial charge is 0.336 e. The number of benzene rings is 1. The number of hydrogen-bond donors (Lipinski definition) is 2. The topological polar surface area (TPSA) is 112 Å². The third-order valence-corrected chi connectivity index (χ3v) is 4.88. The summed E-state index contributed by atoms with van der Waals surface area (Å²) in [6.07, 6.45) is 4.70. The van der Waals surface area contributed by atoms with Crippen LogP contribution < -0.4 is 0 Å². The van der Waals surface area contributed by atoms with Gasteiger partial charge in [-0.3, -0.25) is 0 Å². The van der Waals surface area contributed by atoms with Crippen molar-refractivity contribution in [3.63, 3.8) is 0 Å². The van der Waals surface area contributed by atoms with E-state index < -0.39 is 11.9 Å². The molecule has 0 amide bonds. The van der Waals surface area contributed by atoms with E-state index in [2.05, 4.69) is 13.8 Å². The average Bonchev–Trinajstić information content (AvgIpc) is 2.76. The zero-order valence-electron chi connectivity index (χ0n) is 19.4. The van der Waals surface area contributed by atoms with Crippen LogP contribution in [0.5, 0.6) is 0 Å². The number of carboxylic acid groups (broad SMARTS) is 2. The van der Waals surface area contributed by atoms with E-state index in [4.69, 9.17) is 18.9 Å². The van der Waals surface area contributed by atoms with Gasteiger partial charge in [-0.15, -0.1) is 0 Å². The third-order valence-electron chi connectivity index (χ3n) is 4.88. The number of hydrogen-bond acceptors (Lipinski definition) is 6. The van der Waals surface area contributed by atoms with Crippen LogP contribution in [0.2, 0.25) is 0 Å². The number of carbonyl (C=O) groups is 2. The summed E-state index contributed by atoms with van der Waals surface area (Å²) in [5, 5.41) is 19.3. The first-order valence-corrected chi connectivity index (χ1v) is 11.4.